The zero-order valence-electron chi connectivity index (χ0n) is 41.9. The Bertz CT molecular complexity index is 4400. The van der Waals surface area contributed by atoms with Gasteiger partial charge in [-0.3, -0.25) is 0 Å². The van der Waals surface area contributed by atoms with Crippen molar-refractivity contribution < 1.29 is 9.15 Å². The van der Waals surface area contributed by atoms with Gasteiger partial charge in [-0.2, -0.15) is 0 Å². The summed E-state index contributed by atoms with van der Waals surface area (Å²) in [6.07, 6.45) is 0. The Morgan fingerprint density at radius 2 is 0.792 bits per heavy atom. The van der Waals surface area contributed by atoms with Gasteiger partial charge in [0.15, 0.2) is 0 Å². The first kappa shape index (κ1) is 43.4. The fourth-order valence-electron chi connectivity index (χ4n) is 13.7. The Balaban J connectivity index is 0.955. The third-order valence-corrected chi connectivity index (χ3v) is 16.8. The van der Waals surface area contributed by atoms with Gasteiger partial charge in [0.2, 0.25) is 0 Å². The molecule has 0 bridgehead atoms. The van der Waals surface area contributed by atoms with E-state index in [0.717, 1.165) is 72.8 Å². The molecule has 13 aromatic rings. The van der Waals surface area contributed by atoms with Crippen molar-refractivity contribution in [2.45, 2.75) is 10.8 Å². The Morgan fingerprint density at radius 1 is 0.286 bits per heavy atom. The van der Waals surface area contributed by atoms with E-state index in [4.69, 9.17) is 9.15 Å². The smallest absolute Gasteiger partial charge is 0.137 e. The molecule has 0 amide bonds. The van der Waals surface area contributed by atoms with Gasteiger partial charge in [-0.05, 0) is 145 Å². The first-order valence-electron chi connectivity index (χ1n) is 26.6. The van der Waals surface area contributed by atoms with Crippen LogP contribution in [-0.2, 0) is 10.8 Å². The highest BCUT2D eigenvalue weighted by Crippen LogP contribution is 2.63. The minimum Gasteiger partial charge on any atom is -0.457 e. The van der Waals surface area contributed by atoms with Crippen LogP contribution in [0.5, 0.6) is 11.5 Å². The number of rotatable bonds is 7. The molecule has 77 heavy (non-hydrogen) atoms. The van der Waals surface area contributed by atoms with Gasteiger partial charge in [0.1, 0.15) is 22.7 Å². The topological polar surface area (TPSA) is 25.6 Å². The molecule has 3 aliphatic rings. The lowest BCUT2D eigenvalue weighted by molar-refractivity contribution is 0.436. The van der Waals surface area contributed by atoms with E-state index in [9.17, 15) is 0 Å². The van der Waals surface area contributed by atoms with Crippen LogP contribution in [0, 0.1) is 0 Å². The lowest BCUT2D eigenvalue weighted by Crippen LogP contribution is -2.32. The van der Waals surface area contributed by atoms with Crippen molar-refractivity contribution in [3.05, 3.63) is 330 Å². The van der Waals surface area contributed by atoms with Gasteiger partial charge < -0.3 is 14.1 Å². The standard InChI is InChI=1S/C74H47NO2/c1-3-19-48(20-4-1)50-23-17-24-53(45-50)73(61-28-10-7-25-56(61)57-26-8-11-29-62(57)73)52-38-40-54(41-39-52)75(67-33-18-36-71-72(67)60-46-51(37-44-68(60)76-71)49-21-5-2-6-22-49)55-42-43-59-58-27-9-12-30-63(58)74(66(59)47-55)64-31-13-15-34-69(64)77-70-35-16-14-32-65(70)74/h1-47H. The summed E-state index contributed by atoms with van der Waals surface area (Å²) < 4.78 is 13.6. The van der Waals surface area contributed by atoms with Gasteiger partial charge in [0.05, 0.1) is 21.9 Å². The zero-order valence-corrected chi connectivity index (χ0v) is 41.9. The van der Waals surface area contributed by atoms with Crippen molar-refractivity contribution in [1.29, 1.82) is 0 Å². The Morgan fingerprint density at radius 3 is 1.43 bits per heavy atom. The number of hydrogen-bond donors (Lipinski definition) is 0. The van der Waals surface area contributed by atoms with Crippen LogP contribution < -0.4 is 9.64 Å². The summed E-state index contributed by atoms with van der Waals surface area (Å²) in [5.41, 5.74) is 22.9. The Hall–Kier alpha value is -9.96. The second-order valence-corrected chi connectivity index (χ2v) is 20.6. The quantitative estimate of drug-likeness (QED) is 0.159. The van der Waals surface area contributed by atoms with Crippen LogP contribution in [0.3, 0.4) is 0 Å². The number of nitrogens with zero attached hydrogens (tertiary/aromatic N) is 1. The van der Waals surface area contributed by atoms with E-state index < -0.39 is 10.8 Å². The molecule has 360 valence electrons. The normalized spacial score (nSPS) is 13.8. The molecule has 12 aromatic carbocycles. The average Bonchev–Trinajstić information content (AvgIpc) is 4.11. The van der Waals surface area contributed by atoms with E-state index in [1.165, 1.54) is 66.8 Å². The monoisotopic (exact) mass is 981 g/mol. The number of fused-ring (bicyclic) bond motifs is 15. The number of hydrogen-bond acceptors (Lipinski definition) is 3. The van der Waals surface area contributed by atoms with Crippen molar-refractivity contribution in [3.63, 3.8) is 0 Å². The highest BCUT2D eigenvalue weighted by molar-refractivity contribution is 6.14. The predicted octanol–water partition coefficient (Wildman–Crippen LogP) is 19.2. The van der Waals surface area contributed by atoms with Crippen LogP contribution in [0.15, 0.2) is 290 Å². The largest absolute Gasteiger partial charge is 0.457 e. The second-order valence-electron chi connectivity index (χ2n) is 20.6. The van der Waals surface area contributed by atoms with Crippen molar-refractivity contribution in [2.24, 2.45) is 0 Å². The number of para-hydroxylation sites is 2. The maximum absolute atomic E-state index is 6.81. The number of benzene rings is 12. The molecule has 3 nitrogen and oxygen atoms in total. The summed E-state index contributed by atoms with van der Waals surface area (Å²) in [6.45, 7) is 0. The van der Waals surface area contributed by atoms with E-state index in [2.05, 4.69) is 290 Å². The minimum absolute atomic E-state index is 0.606. The second kappa shape index (κ2) is 16.8. The van der Waals surface area contributed by atoms with Gasteiger partial charge in [0, 0.05) is 27.9 Å². The molecule has 2 heterocycles. The molecule has 0 fully saturated rings. The lowest BCUT2D eigenvalue weighted by atomic mass is 9.66. The molecule has 2 aliphatic carbocycles. The van der Waals surface area contributed by atoms with Crippen molar-refractivity contribution in [1.82, 2.24) is 0 Å². The first-order valence-corrected chi connectivity index (χ1v) is 26.6. The number of furan rings is 1. The molecular weight excluding hydrogens is 935 g/mol. The summed E-state index contributed by atoms with van der Waals surface area (Å²) >= 11 is 0. The molecular formula is C74H47NO2. The van der Waals surface area contributed by atoms with Crippen molar-refractivity contribution in [3.8, 4) is 56.0 Å². The first-order chi connectivity index (χ1) is 38.2. The van der Waals surface area contributed by atoms with Gasteiger partial charge in [-0.25, -0.2) is 0 Å². The van der Waals surface area contributed by atoms with Crippen LogP contribution in [0.1, 0.15) is 44.5 Å². The summed E-state index contributed by atoms with van der Waals surface area (Å²) in [5.74, 6) is 1.74. The number of anilines is 3. The molecule has 0 saturated carbocycles. The van der Waals surface area contributed by atoms with Gasteiger partial charge in [-0.15, -0.1) is 0 Å². The Labute approximate surface area is 447 Å². The number of ether oxygens (including phenoxy) is 1. The van der Waals surface area contributed by atoms with Crippen LogP contribution in [0.25, 0.3) is 66.4 Å². The minimum atomic E-state index is -0.647. The maximum Gasteiger partial charge on any atom is 0.137 e. The summed E-state index contributed by atoms with van der Waals surface area (Å²) in [7, 11) is 0. The molecule has 1 spiro atoms. The lowest BCUT2D eigenvalue weighted by Gasteiger charge is -2.39. The van der Waals surface area contributed by atoms with Crippen LogP contribution in [-0.4, -0.2) is 0 Å². The van der Waals surface area contributed by atoms with Crippen LogP contribution in [0.4, 0.5) is 17.1 Å². The fourth-order valence-corrected chi connectivity index (χ4v) is 13.7. The molecule has 1 aromatic heterocycles. The maximum atomic E-state index is 6.81. The molecule has 0 unspecified atom stereocenters. The van der Waals surface area contributed by atoms with Crippen molar-refractivity contribution in [2.75, 3.05) is 4.90 Å². The molecule has 1 aliphatic heterocycles. The van der Waals surface area contributed by atoms with Crippen LogP contribution >= 0.6 is 0 Å². The predicted molar refractivity (Wildman–Crippen MR) is 314 cm³/mol. The zero-order chi connectivity index (χ0) is 50.7. The van der Waals surface area contributed by atoms with E-state index in [-0.39, 0.29) is 0 Å². The van der Waals surface area contributed by atoms with Gasteiger partial charge >= 0.3 is 0 Å². The summed E-state index contributed by atoms with van der Waals surface area (Å²) in [4.78, 5) is 2.46. The molecule has 0 radical (unpaired) electrons. The van der Waals surface area contributed by atoms with Gasteiger partial charge in [0.25, 0.3) is 0 Å². The SMILES string of the molecule is c1ccc(-c2cccc(C3(c4ccc(N(c5ccc6c(c5)C5(c7ccccc7Oc7ccccc75)c5ccccc5-6)c5cccc6oc7ccc(-c8ccccc8)cc7c56)cc4)c4ccccc4-c4ccccc43)c2)cc1. The molecule has 16 rings (SSSR count). The molecule has 0 saturated heterocycles. The third-order valence-electron chi connectivity index (χ3n) is 16.8. The van der Waals surface area contributed by atoms with Crippen LogP contribution in [0.2, 0.25) is 0 Å². The van der Waals surface area contributed by atoms with Gasteiger partial charge in [-0.1, -0.05) is 218 Å². The average molecular weight is 982 g/mol. The molecule has 3 heteroatoms. The molecule has 0 N–H and O–H groups in total. The summed E-state index contributed by atoms with van der Waals surface area (Å²) in [5, 5.41) is 2.12. The van der Waals surface area contributed by atoms with E-state index >= 15 is 0 Å². The van der Waals surface area contributed by atoms with Crippen molar-refractivity contribution >= 4 is 39.0 Å². The van der Waals surface area contributed by atoms with E-state index in [1.807, 2.05) is 0 Å². The van der Waals surface area contributed by atoms with E-state index in [1.54, 1.807) is 0 Å². The highest BCUT2D eigenvalue weighted by atomic mass is 16.5. The Kier molecular flexibility index (Phi) is 9.47. The van der Waals surface area contributed by atoms with E-state index in [0.29, 0.717) is 0 Å². The third kappa shape index (κ3) is 6.20. The fraction of sp³-hybridized carbons (Fsp3) is 0.0270. The molecule has 0 atom stereocenters. The summed E-state index contributed by atoms with van der Waals surface area (Å²) in [6, 6.07) is 104. The highest BCUT2D eigenvalue weighted by Gasteiger charge is 2.51.